The van der Waals surface area contributed by atoms with Gasteiger partial charge in [0.15, 0.2) is 0 Å². The largest absolute Gasteiger partial charge is 0.394 e. The zero-order valence-corrected chi connectivity index (χ0v) is 8.90. The third-order valence-electron chi connectivity index (χ3n) is 2.15. The zero-order chi connectivity index (χ0) is 10.4. The molecule has 4 nitrogen and oxygen atoms in total. The molecule has 0 bridgehead atoms. The second-order valence-electron chi connectivity index (χ2n) is 4.12. The van der Waals surface area contributed by atoms with Crippen molar-refractivity contribution in [1.82, 2.24) is 14.9 Å². The first kappa shape index (κ1) is 11.2. The number of aromatic nitrogens is 2. The van der Waals surface area contributed by atoms with Crippen LogP contribution in [-0.4, -0.2) is 33.3 Å². The molecule has 1 rings (SSSR count). The van der Waals surface area contributed by atoms with E-state index in [1.807, 2.05) is 30.9 Å². The SMILES string of the molecule is CC(C)(CO)NCCCn1ccnc1. The Kier molecular flexibility index (Phi) is 4.10. The molecule has 0 unspecified atom stereocenters. The first-order chi connectivity index (χ1) is 6.64. The van der Waals surface area contributed by atoms with Crippen LogP contribution in [0.1, 0.15) is 20.3 Å². The van der Waals surface area contributed by atoms with Crippen molar-refractivity contribution in [3.63, 3.8) is 0 Å². The van der Waals surface area contributed by atoms with Gasteiger partial charge < -0.3 is 15.0 Å². The van der Waals surface area contributed by atoms with E-state index in [4.69, 9.17) is 5.11 Å². The Labute approximate surface area is 85.0 Å². The highest BCUT2D eigenvalue weighted by Gasteiger charge is 2.13. The van der Waals surface area contributed by atoms with Crippen molar-refractivity contribution in [2.24, 2.45) is 0 Å². The van der Waals surface area contributed by atoms with Gasteiger partial charge in [-0.15, -0.1) is 0 Å². The van der Waals surface area contributed by atoms with Gasteiger partial charge in [-0.25, -0.2) is 4.98 Å². The Morgan fingerprint density at radius 1 is 1.50 bits per heavy atom. The molecule has 0 aromatic carbocycles. The van der Waals surface area contributed by atoms with Crippen LogP contribution in [0.2, 0.25) is 0 Å². The highest BCUT2D eigenvalue weighted by Crippen LogP contribution is 1.99. The number of nitrogens with zero attached hydrogens (tertiary/aromatic N) is 2. The standard InChI is InChI=1S/C10H19N3O/c1-10(2,8-14)12-4-3-6-13-7-5-11-9-13/h5,7,9,12,14H,3-4,6,8H2,1-2H3. The van der Waals surface area contributed by atoms with E-state index in [1.54, 1.807) is 6.20 Å². The lowest BCUT2D eigenvalue weighted by molar-refractivity contribution is 0.188. The van der Waals surface area contributed by atoms with E-state index in [2.05, 4.69) is 10.3 Å². The summed E-state index contributed by atoms with van der Waals surface area (Å²) < 4.78 is 2.05. The zero-order valence-electron chi connectivity index (χ0n) is 8.90. The Balaban J connectivity index is 2.11. The molecule has 14 heavy (non-hydrogen) atoms. The molecule has 1 aromatic heterocycles. The molecule has 80 valence electrons. The molecule has 0 fully saturated rings. The number of imidazole rings is 1. The molecule has 0 atom stereocenters. The Morgan fingerprint density at radius 3 is 2.86 bits per heavy atom. The van der Waals surface area contributed by atoms with E-state index < -0.39 is 0 Å². The number of hydrogen-bond donors (Lipinski definition) is 2. The van der Waals surface area contributed by atoms with Crippen molar-refractivity contribution in [2.45, 2.75) is 32.4 Å². The van der Waals surface area contributed by atoms with E-state index in [0.717, 1.165) is 19.5 Å². The lowest BCUT2D eigenvalue weighted by Crippen LogP contribution is -2.43. The molecule has 0 amide bonds. The second kappa shape index (κ2) is 5.12. The molecule has 0 radical (unpaired) electrons. The Morgan fingerprint density at radius 2 is 2.29 bits per heavy atom. The highest BCUT2D eigenvalue weighted by atomic mass is 16.3. The summed E-state index contributed by atoms with van der Waals surface area (Å²) in [5, 5.41) is 12.3. The van der Waals surface area contributed by atoms with Crippen LogP contribution >= 0.6 is 0 Å². The number of aryl methyl sites for hydroxylation is 1. The van der Waals surface area contributed by atoms with Gasteiger partial charge >= 0.3 is 0 Å². The smallest absolute Gasteiger partial charge is 0.0945 e. The summed E-state index contributed by atoms with van der Waals surface area (Å²) in [6, 6.07) is 0. The molecule has 0 aliphatic carbocycles. The van der Waals surface area contributed by atoms with Gasteiger partial charge in [-0.05, 0) is 26.8 Å². The Hall–Kier alpha value is -0.870. The minimum Gasteiger partial charge on any atom is -0.394 e. The molecule has 4 heteroatoms. The molecule has 0 saturated heterocycles. The summed E-state index contributed by atoms with van der Waals surface area (Å²) in [5.41, 5.74) is -0.172. The molecule has 0 spiro atoms. The second-order valence-corrected chi connectivity index (χ2v) is 4.12. The minimum atomic E-state index is -0.172. The fourth-order valence-electron chi connectivity index (χ4n) is 1.16. The van der Waals surface area contributed by atoms with E-state index in [1.165, 1.54) is 0 Å². The average Bonchev–Trinajstić information content (AvgIpc) is 2.65. The number of rotatable bonds is 6. The summed E-state index contributed by atoms with van der Waals surface area (Å²) >= 11 is 0. The van der Waals surface area contributed by atoms with Gasteiger partial charge in [-0.1, -0.05) is 0 Å². The van der Waals surface area contributed by atoms with Gasteiger partial charge in [0.25, 0.3) is 0 Å². The van der Waals surface area contributed by atoms with Crippen LogP contribution in [0, 0.1) is 0 Å². The maximum absolute atomic E-state index is 9.00. The van der Waals surface area contributed by atoms with Crippen molar-refractivity contribution in [1.29, 1.82) is 0 Å². The van der Waals surface area contributed by atoms with Crippen LogP contribution in [0.3, 0.4) is 0 Å². The fourth-order valence-corrected chi connectivity index (χ4v) is 1.16. The van der Waals surface area contributed by atoms with Gasteiger partial charge in [-0.2, -0.15) is 0 Å². The van der Waals surface area contributed by atoms with E-state index in [9.17, 15) is 0 Å². The summed E-state index contributed by atoms with van der Waals surface area (Å²) in [6.45, 7) is 6.02. The molecule has 2 N–H and O–H groups in total. The topological polar surface area (TPSA) is 50.1 Å². The maximum Gasteiger partial charge on any atom is 0.0945 e. The van der Waals surface area contributed by atoms with Gasteiger partial charge in [0, 0.05) is 24.5 Å². The monoisotopic (exact) mass is 197 g/mol. The van der Waals surface area contributed by atoms with Crippen LogP contribution in [0.5, 0.6) is 0 Å². The van der Waals surface area contributed by atoms with E-state index >= 15 is 0 Å². The van der Waals surface area contributed by atoms with Crippen molar-refractivity contribution in [3.05, 3.63) is 18.7 Å². The van der Waals surface area contributed by atoms with Crippen molar-refractivity contribution < 1.29 is 5.11 Å². The molecule has 0 aliphatic rings. The lowest BCUT2D eigenvalue weighted by Gasteiger charge is -2.23. The summed E-state index contributed by atoms with van der Waals surface area (Å²) in [4.78, 5) is 3.97. The van der Waals surface area contributed by atoms with Gasteiger partial charge in [0.2, 0.25) is 0 Å². The molecule has 0 saturated carbocycles. The Bertz CT molecular complexity index is 244. The predicted molar refractivity (Wildman–Crippen MR) is 56.0 cm³/mol. The predicted octanol–water partition coefficient (Wildman–Crippen LogP) is 0.634. The van der Waals surface area contributed by atoms with Crippen LogP contribution < -0.4 is 5.32 Å². The van der Waals surface area contributed by atoms with Crippen LogP contribution in [0.15, 0.2) is 18.7 Å². The van der Waals surface area contributed by atoms with Crippen LogP contribution in [-0.2, 0) is 6.54 Å². The molecular formula is C10H19N3O. The number of aliphatic hydroxyl groups excluding tert-OH is 1. The van der Waals surface area contributed by atoms with Gasteiger partial charge in [-0.3, -0.25) is 0 Å². The third-order valence-corrected chi connectivity index (χ3v) is 2.15. The number of aliphatic hydroxyl groups is 1. The van der Waals surface area contributed by atoms with E-state index in [-0.39, 0.29) is 12.1 Å². The summed E-state index contributed by atoms with van der Waals surface area (Å²) in [5.74, 6) is 0. The average molecular weight is 197 g/mol. The maximum atomic E-state index is 9.00. The molecule has 1 heterocycles. The van der Waals surface area contributed by atoms with Gasteiger partial charge in [0.1, 0.15) is 0 Å². The minimum absolute atomic E-state index is 0.165. The fraction of sp³-hybridized carbons (Fsp3) is 0.700. The number of nitrogens with one attached hydrogen (secondary N) is 1. The molecule has 0 aliphatic heterocycles. The van der Waals surface area contributed by atoms with E-state index in [0.29, 0.717) is 0 Å². The lowest BCUT2D eigenvalue weighted by atomic mass is 10.1. The van der Waals surface area contributed by atoms with Crippen LogP contribution in [0.25, 0.3) is 0 Å². The van der Waals surface area contributed by atoms with Gasteiger partial charge in [0.05, 0.1) is 12.9 Å². The molecule has 1 aromatic rings. The van der Waals surface area contributed by atoms with Crippen LogP contribution in [0.4, 0.5) is 0 Å². The molecular weight excluding hydrogens is 178 g/mol. The van der Waals surface area contributed by atoms with Crippen molar-refractivity contribution in [2.75, 3.05) is 13.2 Å². The highest BCUT2D eigenvalue weighted by molar-refractivity contribution is 4.77. The third kappa shape index (κ3) is 3.89. The summed E-state index contributed by atoms with van der Waals surface area (Å²) in [6.07, 6.45) is 6.60. The van der Waals surface area contributed by atoms with Crippen molar-refractivity contribution in [3.8, 4) is 0 Å². The summed E-state index contributed by atoms with van der Waals surface area (Å²) in [7, 11) is 0. The number of hydrogen-bond acceptors (Lipinski definition) is 3. The van der Waals surface area contributed by atoms with Crippen molar-refractivity contribution >= 4 is 0 Å². The quantitative estimate of drug-likeness (QED) is 0.658. The first-order valence-corrected chi connectivity index (χ1v) is 4.96. The normalized spacial score (nSPS) is 11.9. The first-order valence-electron chi connectivity index (χ1n) is 4.96.